The molecule has 1 aromatic carbocycles. The predicted molar refractivity (Wildman–Crippen MR) is 88.5 cm³/mol. The van der Waals surface area contributed by atoms with Gasteiger partial charge in [-0.1, -0.05) is 0 Å². The van der Waals surface area contributed by atoms with Crippen molar-refractivity contribution in [1.82, 2.24) is 20.4 Å². The largest absolute Gasteiger partial charge is 0.497 e. The van der Waals surface area contributed by atoms with Crippen LogP contribution in [0.2, 0.25) is 0 Å². The summed E-state index contributed by atoms with van der Waals surface area (Å²) in [6, 6.07) is 8.88. The van der Waals surface area contributed by atoms with Crippen LogP contribution >= 0.6 is 0 Å². The minimum atomic E-state index is -0.628. The predicted octanol–water partition coefficient (Wildman–Crippen LogP) is 1.85. The zero-order valence-electron chi connectivity index (χ0n) is 13.5. The second kappa shape index (κ2) is 6.87. The van der Waals surface area contributed by atoms with E-state index in [1.165, 1.54) is 13.3 Å². The van der Waals surface area contributed by atoms with E-state index in [1.54, 1.807) is 25.3 Å². The van der Waals surface area contributed by atoms with Gasteiger partial charge in [-0.15, -0.1) is 0 Å². The Balaban J connectivity index is 1.77. The molecule has 3 N–H and O–H groups in total. The molecular formula is C16H15N5O4. The van der Waals surface area contributed by atoms with Gasteiger partial charge in [0.1, 0.15) is 11.4 Å². The Hall–Kier alpha value is -3.62. The molecule has 9 nitrogen and oxygen atoms in total. The molecule has 0 aliphatic carbocycles. The van der Waals surface area contributed by atoms with Crippen molar-refractivity contribution in [2.45, 2.75) is 0 Å². The van der Waals surface area contributed by atoms with E-state index >= 15 is 0 Å². The van der Waals surface area contributed by atoms with Gasteiger partial charge in [0.2, 0.25) is 0 Å². The lowest BCUT2D eigenvalue weighted by Gasteiger charge is -2.02. The maximum absolute atomic E-state index is 12.3. The van der Waals surface area contributed by atoms with Gasteiger partial charge in [0.05, 0.1) is 31.8 Å². The lowest BCUT2D eigenvalue weighted by Crippen LogP contribution is -2.15. The van der Waals surface area contributed by atoms with Crippen molar-refractivity contribution in [2.75, 3.05) is 19.5 Å². The van der Waals surface area contributed by atoms with E-state index in [0.717, 1.165) is 11.3 Å². The number of carbonyl (C=O) groups is 2. The van der Waals surface area contributed by atoms with Crippen LogP contribution in [0.25, 0.3) is 11.3 Å². The van der Waals surface area contributed by atoms with Crippen molar-refractivity contribution in [1.29, 1.82) is 0 Å². The monoisotopic (exact) mass is 341 g/mol. The molecule has 9 heteroatoms. The highest BCUT2D eigenvalue weighted by molar-refractivity contribution is 6.06. The first-order valence-electron chi connectivity index (χ1n) is 7.25. The second-order valence-corrected chi connectivity index (χ2v) is 5.00. The minimum Gasteiger partial charge on any atom is -0.497 e. The van der Waals surface area contributed by atoms with Gasteiger partial charge < -0.3 is 14.8 Å². The number of H-pyrrole nitrogens is 2. The molecule has 2 heterocycles. The number of aromatic nitrogens is 4. The highest BCUT2D eigenvalue weighted by Crippen LogP contribution is 2.21. The number of anilines is 1. The van der Waals surface area contributed by atoms with Gasteiger partial charge in [-0.3, -0.25) is 15.0 Å². The summed E-state index contributed by atoms with van der Waals surface area (Å²) in [5.41, 5.74) is 1.95. The Morgan fingerprint density at radius 1 is 1.12 bits per heavy atom. The van der Waals surface area contributed by atoms with Crippen LogP contribution in [0.3, 0.4) is 0 Å². The van der Waals surface area contributed by atoms with E-state index in [4.69, 9.17) is 4.74 Å². The van der Waals surface area contributed by atoms with Crippen LogP contribution in [0.4, 0.5) is 5.69 Å². The number of methoxy groups -OCH3 is 2. The molecule has 3 rings (SSSR count). The lowest BCUT2D eigenvalue weighted by atomic mass is 10.1. The van der Waals surface area contributed by atoms with Gasteiger partial charge in [-0.2, -0.15) is 10.2 Å². The van der Waals surface area contributed by atoms with Gasteiger partial charge in [0.25, 0.3) is 5.91 Å². The Bertz CT molecular complexity index is 897. The van der Waals surface area contributed by atoms with Crippen molar-refractivity contribution >= 4 is 17.6 Å². The average molecular weight is 341 g/mol. The van der Waals surface area contributed by atoms with Gasteiger partial charge in [0, 0.05) is 5.56 Å². The summed E-state index contributed by atoms with van der Waals surface area (Å²) < 4.78 is 9.72. The number of hydrogen-bond donors (Lipinski definition) is 3. The fourth-order valence-corrected chi connectivity index (χ4v) is 2.18. The SMILES string of the molecule is COC(=O)c1[nH]ncc1NC(=O)c1cc(-c2ccc(OC)cc2)n[nH]1. The molecule has 128 valence electrons. The molecule has 25 heavy (non-hydrogen) atoms. The Morgan fingerprint density at radius 2 is 1.88 bits per heavy atom. The summed E-state index contributed by atoms with van der Waals surface area (Å²) in [6.07, 6.45) is 1.32. The number of aromatic amines is 2. The molecule has 0 saturated carbocycles. The zero-order chi connectivity index (χ0) is 17.8. The van der Waals surface area contributed by atoms with Gasteiger partial charge in [-0.05, 0) is 30.3 Å². The van der Waals surface area contributed by atoms with Gasteiger partial charge >= 0.3 is 5.97 Å². The van der Waals surface area contributed by atoms with E-state index < -0.39 is 11.9 Å². The van der Waals surface area contributed by atoms with E-state index in [0.29, 0.717) is 5.69 Å². The molecule has 3 aromatic rings. The molecule has 0 bridgehead atoms. The van der Waals surface area contributed by atoms with Gasteiger partial charge in [-0.25, -0.2) is 4.79 Å². The number of benzene rings is 1. The van der Waals surface area contributed by atoms with Crippen LogP contribution in [0.1, 0.15) is 21.0 Å². The van der Waals surface area contributed by atoms with E-state index in [-0.39, 0.29) is 17.1 Å². The standard InChI is InChI=1S/C16H15N5O4/c1-24-10-5-3-9(4-6-10)11-7-12(20-19-11)15(22)18-13-8-17-21-14(13)16(23)25-2/h3-8H,1-2H3,(H,17,21)(H,18,22)(H,19,20). The molecule has 0 saturated heterocycles. The third-order valence-corrected chi connectivity index (χ3v) is 3.49. The molecule has 0 radical (unpaired) electrons. The fourth-order valence-electron chi connectivity index (χ4n) is 2.18. The number of hydrogen-bond acceptors (Lipinski definition) is 6. The minimum absolute atomic E-state index is 0.0609. The zero-order valence-corrected chi connectivity index (χ0v) is 13.5. The Kier molecular flexibility index (Phi) is 4.46. The first-order valence-corrected chi connectivity index (χ1v) is 7.25. The molecule has 0 aliphatic heterocycles. The average Bonchev–Trinajstić information content (AvgIpc) is 3.30. The molecule has 2 aromatic heterocycles. The summed E-state index contributed by atoms with van der Waals surface area (Å²) in [7, 11) is 2.83. The summed E-state index contributed by atoms with van der Waals surface area (Å²) in [5, 5.41) is 15.6. The van der Waals surface area contributed by atoms with E-state index in [9.17, 15) is 9.59 Å². The summed E-state index contributed by atoms with van der Waals surface area (Å²) in [5.74, 6) is -0.359. The lowest BCUT2D eigenvalue weighted by molar-refractivity contribution is 0.0595. The number of ether oxygens (including phenoxy) is 2. The maximum Gasteiger partial charge on any atom is 0.358 e. The number of rotatable bonds is 5. The molecular weight excluding hydrogens is 326 g/mol. The number of nitrogens with zero attached hydrogens (tertiary/aromatic N) is 2. The normalized spacial score (nSPS) is 10.3. The Morgan fingerprint density at radius 3 is 2.56 bits per heavy atom. The van der Waals surface area contributed by atoms with Crippen molar-refractivity contribution in [3.8, 4) is 17.0 Å². The molecule has 0 spiro atoms. The van der Waals surface area contributed by atoms with E-state index in [1.807, 2.05) is 12.1 Å². The van der Waals surface area contributed by atoms with Crippen molar-refractivity contribution < 1.29 is 19.1 Å². The third-order valence-electron chi connectivity index (χ3n) is 3.49. The highest BCUT2D eigenvalue weighted by Gasteiger charge is 2.18. The number of amides is 1. The van der Waals surface area contributed by atoms with Crippen LogP contribution in [-0.2, 0) is 4.74 Å². The molecule has 0 unspecified atom stereocenters. The molecule has 0 aliphatic rings. The molecule has 0 atom stereocenters. The quantitative estimate of drug-likeness (QED) is 0.609. The van der Waals surface area contributed by atoms with Crippen LogP contribution in [-0.4, -0.2) is 46.5 Å². The van der Waals surface area contributed by atoms with Crippen LogP contribution in [0.15, 0.2) is 36.5 Å². The van der Waals surface area contributed by atoms with Gasteiger partial charge in [0.15, 0.2) is 5.69 Å². The fraction of sp³-hybridized carbons (Fsp3) is 0.125. The number of nitrogens with one attached hydrogen (secondary N) is 3. The van der Waals surface area contributed by atoms with Crippen molar-refractivity contribution in [3.05, 3.63) is 47.9 Å². The smallest absolute Gasteiger partial charge is 0.358 e. The summed E-state index contributed by atoms with van der Waals surface area (Å²) in [6.45, 7) is 0. The van der Waals surface area contributed by atoms with Crippen LogP contribution in [0.5, 0.6) is 5.75 Å². The second-order valence-electron chi connectivity index (χ2n) is 5.00. The topological polar surface area (TPSA) is 122 Å². The first kappa shape index (κ1) is 16.2. The summed E-state index contributed by atoms with van der Waals surface area (Å²) >= 11 is 0. The van der Waals surface area contributed by atoms with E-state index in [2.05, 4.69) is 30.4 Å². The number of esters is 1. The molecule has 1 amide bonds. The highest BCUT2D eigenvalue weighted by atomic mass is 16.5. The Labute approximate surface area is 142 Å². The van der Waals surface area contributed by atoms with Crippen molar-refractivity contribution in [2.24, 2.45) is 0 Å². The summed E-state index contributed by atoms with van der Waals surface area (Å²) in [4.78, 5) is 23.9. The third kappa shape index (κ3) is 3.34. The van der Waals surface area contributed by atoms with Crippen LogP contribution in [0, 0.1) is 0 Å². The van der Waals surface area contributed by atoms with Crippen LogP contribution < -0.4 is 10.1 Å². The van der Waals surface area contributed by atoms with Crippen molar-refractivity contribution in [3.63, 3.8) is 0 Å². The number of carbonyl (C=O) groups excluding carboxylic acids is 2. The maximum atomic E-state index is 12.3. The molecule has 0 fully saturated rings. The first-order chi connectivity index (χ1) is 12.1.